The van der Waals surface area contributed by atoms with Crippen LogP contribution in [0.25, 0.3) is 16.7 Å². The van der Waals surface area contributed by atoms with Crippen LogP contribution in [0.1, 0.15) is 10.4 Å². The number of carbonyl (C=O) groups is 1. The van der Waals surface area contributed by atoms with Gasteiger partial charge in [-0.2, -0.15) is 0 Å². The Morgan fingerprint density at radius 3 is 2.75 bits per heavy atom. The summed E-state index contributed by atoms with van der Waals surface area (Å²) in [6, 6.07) is 8.84. The second kappa shape index (κ2) is 4.61. The zero-order valence-electron chi connectivity index (χ0n) is 10.0. The van der Waals surface area contributed by atoms with Crippen LogP contribution in [-0.4, -0.2) is 20.6 Å². The summed E-state index contributed by atoms with van der Waals surface area (Å²) in [5.41, 5.74) is 1.55. The number of fused-ring (bicyclic) bond motifs is 1. The molecular formula is C14H8ClFN2O2. The van der Waals surface area contributed by atoms with E-state index in [1.54, 1.807) is 22.8 Å². The van der Waals surface area contributed by atoms with Crippen LogP contribution in [0.4, 0.5) is 4.39 Å². The van der Waals surface area contributed by atoms with Crippen molar-refractivity contribution in [1.82, 2.24) is 9.55 Å². The lowest BCUT2D eigenvalue weighted by atomic mass is 10.2. The van der Waals surface area contributed by atoms with Gasteiger partial charge in [0.2, 0.25) is 0 Å². The van der Waals surface area contributed by atoms with Crippen molar-refractivity contribution in [2.75, 3.05) is 0 Å². The third kappa shape index (κ3) is 2.02. The summed E-state index contributed by atoms with van der Waals surface area (Å²) < 4.78 is 15.5. The normalized spacial score (nSPS) is 10.9. The second-order valence-corrected chi connectivity index (χ2v) is 4.66. The largest absolute Gasteiger partial charge is 0.478 e. The molecule has 0 aliphatic carbocycles. The van der Waals surface area contributed by atoms with Gasteiger partial charge in [-0.3, -0.25) is 4.57 Å². The molecule has 0 saturated heterocycles. The highest BCUT2D eigenvalue weighted by atomic mass is 35.5. The maximum absolute atomic E-state index is 13.9. The molecule has 1 aromatic heterocycles. The zero-order valence-corrected chi connectivity index (χ0v) is 10.8. The van der Waals surface area contributed by atoms with Gasteiger partial charge < -0.3 is 5.11 Å². The molecule has 4 nitrogen and oxygen atoms in total. The molecule has 0 unspecified atom stereocenters. The molecule has 0 spiro atoms. The number of hydrogen-bond acceptors (Lipinski definition) is 2. The number of nitrogens with zero attached hydrogens (tertiary/aromatic N) is 2. The zero-order chi connectivity index (χ0) is 14.3. The number of aromatic carboxylic acids is 1. The summed E-state index contributed by atoms with van der Waals surface area (Å²) in [5, 5.41) is 9.24. The fourth-order valence-electron chi connectivity index (χ4n) is 2.01. The summed E-state index contributed by atoms with van der Waals surface area (Å²) in [5.74, 6) is -1.50. The van der Waals surface area contributed by atoms with Crippen LogP contribution >= 0.6 is 11.6 Å². The van der Waals surface area contributed by atoms with E-state index in [-0.39, 0.29) is 5.56 Å². The molecule has 0 saturated carbocycles. The molecule has 100 valence electrons. The molecule has 20 heavy (non-hydrogen) atoms. The predicted molar refractivity (Wildman–Crippen MR) is 73.0 cm³/mol. The molecule has 0 amide bonds. The van der Waals surface area contributed by atoms with Crippen LogP contribution in [0.2, 0.25) is 5.02 Å². The first kappa shape index (κ1) is 12.6. The number of carboxylic acid groups (broad SMARTS) is 1. The summed E-state index contributed by atoms with van der Waals surface area (Å²) in [6.07, 6.45) is 1.45. The average Bonchev–Trinajstić information content (AvgIpc) is 2.81. The van der Waals surface area contributed by atoms with E-state index in [0.717, 1.165) is 0 Å². The number of halogens is 2. The first-order valence-corrected chi connectivity index (χ1v) is 6.10. The highest BCUT2D eigenvalue weighted by Gasteiger charge is 2.11. The topological polar surface area (TPSA) is 55.1 Å². The first-order valence-electron chi connectivity index (χ1n) is 5.72. The molecule has 6 heteroatoms. The van der Waals surface area contributed by atoms with E-state index in [1.165, 1.54) is 24.5 Å². The molecule has 1 N–H and O–H groups in total. The average molecular weight is 291 g/mol. The van der Waals surface area contributed by atoms with E-state index in [0.29, 0.717) is 21.7 Å². The van der Waals surface area contributed by atoms with Crippen LogP contribution in [0.3, 0.4) is 0 Å². The Morgan fingerprint density at radius 1 is 1.25 bits per heavy atom. The van der Waals surface area contributed by atoms with Gasteiger partial charge in [0.05, 0.1) is 22.3 Å². The molecule has 0 aliphatic heterocycles. The minimum absolute atomic E-state index is 0.138. The number of carboxylic acids is 1. The number of imidazole rings is 1. The summed E-state index contributed by atoms with van der Waals surface area (Å²) in [6.45, 7) is 0. The predicted octanol–water partition coefficient (Wildman–Crippen LogP) is 3.52. The van der Waals surface area contributed by atoms with E-state index in [9.17, 15) is 9.18 Å². The molecule has 0 atom stereocenters. The third-order valence-electron chi connectivity index (χ3n) is 2.96. The monoisotopic (exact) mass is 290 g/mol. The van der Waals surface area contributed by atoms with Gasteiger partial charge in [-0.1, -0.05) is 11.6 Å². The summed E-state index contributed by atoms with van der Waals surface area (Å²) >= 11 is 5.72. The van der Waals surface area contributed by atoms with E-state index >= 15 is 0 Å². The molecule has 0 fully saturated rings. The second-order valence-electron chi connectivity index (χ2n) is 4.22. The van der Waals surface area contributed by atoms with E-state index < -0.39 is 11.8 Å². The van der Waals surface area contributed by atoms with Crippen molar-refractivity contribution >= 4 is 28.6 Å². The first-order chi connectivity index (χ1) is 9.56. The molecule has 3 aromatic rings. The Labute approximate surface area is 118 Å². The van der Waals surface area contributed by atoms with Crippen molar-refractivity contribution in [3.63, 3.8) is 0 Å². The SMILES string of the molecule is O=C(O)c1ccc2c(c1)ncn2-c1ccc(Cl)cc1F. The van der Waals surface area contributed by atoms with Gasteiger partial charge >= 0.3 is 5.97 Å². The number of benzene rings is 2. The van der Waals surface area contributed by atoms with Crippen LogP contribution in [-0.2, 0) is 0 Å². The van der Waals surface area contributed by atoms with Gasteiger partial charge in [0.15, 0.2) is 0 Å². The van der Waals surface area contributed by atoms with Gasteiger partial charge in [-0.25, -0.2) is 14.2 Å². The lowest BCUT2D eigenvalue weighted by Crippen LogP contribution is -1.98. The standard InChI is InChI=1S/C14H8ClFN2O2/c15-9-2-4-12(10(16)6-9)18-7-17-11-5-8(14(19)20)1-3-13(11)18/h1-7H,(H,19,20). The minimum atomic E-state index is -1.03. The smallest absolute Gasteiger partial charge is 0.335 e. The number of hydrogen-bond donors (Lipinski definition) is 1. The van der Waals surface area contributed by atoms with Crippen LogP contribution in [0, 0.1) is 5.82 Å². The lowest BCUT2D eigenvalue weighted by molar-refractivity contribution is 0.0697. The highest BCUT2D eigenvalue weighted by Crippen LogP contribution is 2.23. The van der Waals surface area contributed by atoms with E-state index in [1.807, 2.05) is 0 Å². The quantitative estimate of drug-likeness (QED) is 0.785. The van der Waals surface area contributed by atoms with Crippen LogP contribution in [0.5, 0.6) is 0 Å². The Balaban J connectivity index is 2.20. The number of rotatable bonds is 2. The fraction of sp³-hybridized carbons (Fsp3) is 0. The molecule has 0 aliphatic rings. The van der Waals surface area contributed by atoms with Gasteiger partial charge in [0.25, 0.3) is 0 Å². The van der Waals surface area contributed by atoms with Crippen molar-refractivity contribution < 1.29 is 14.3 Å². The molecule has 1 heterocycles. The maximum Gasteiger partial charge on any atom is 0.335 e. The lowest BCUT2D eigenvalue weighted by Gasteiger charge is -2.06. The van der Waals surface area contributed by atoms with Gasteiger partial charge in [-0.05, 0) is 36.4 Å². The Morgan fingerprint density at radius 2 is 2.05 bits per heavy atom. The van der Waals surface area contributed by atoms with Crippen LogP contribution in [0.15, 0.2) is 42.7 Å². The van der Waals surface area contributed by atoms with E-state index in [2.05, 4.69) is 4.98 Å². The van der Waals surface area contributed by atoms with Gasteiger partial charge in [-0.15, -0.1) is 0 Å². The van der Waals surface area contributed by atoms with Crippen molar-refractivity contribution in [2.24, 2.45) is 0 Å². The van der Waals surface area contributed by atoms with E-state index in [4.69, 9.17) is 16.7 Å². The molecular weight excluding hydrogens is 283 g/mol. The van der Waals surface area contributed by atoms with Crippen molar-refractivity contribution in [2.45, 2.75) is 0 Å². The van der Waals surface area contributed by atoms with Crippen molar-refractivity contribution in [1.29, 1.82) is 0 Å². The van der Waals surface area contributed by atoms with Gasteiger partial charge in [0, 0.05) is 5.02 Å². The molecule has 2 aromatic carbocycles. The Bertz CT molecular complexity index is 829. The van der Waals surface area contributed by atoms with Crippen LogP contribution < -0.4 is 0 Å². The third-order valence-corrected chi connectivity index (χ3v) is 3.20. The van der Waals surface area contributed by atoms with Crippen molar-refractivity contribution in [3.05, 3.63) is 59.1 Å². The Kier molecular flexibility index (Phi) is 2.91. The fourth-order valence-corrected chi connectivity index (χ4v) is 2.17. The Hall–Kier alpha value is -2.40. The molecule has 0 radical (unpaired) electrons. The van der Waals surface area contributed by atoms with Gasteiger partial charge in [0.1, 0.15) is 12.1 Å². The molecule has 3 rings (SSSR count). The molecule has 0 bridgehead atoms. The highest BCUT2D eigenvalue weighted by molar-refractivity contribution is 6.30. The van der Waals surface area contributed by atoms with Crippen molar-refractivity contribution in [3.8, 4) is 5.69 Å². The minimum Gasteiger partial charge on any atom is -0.478 e. The maximum atomic E-state index is 13.9. The number of aromatic nitrogens is 2. The summed E-state index contributed by atoms with van der Waals surface area (Å²) in [7, 11) is 0. The summed E-state index contributed by atoms with van der Waals surface area (Å²) in [4.78, 5) is 15.0.